The van der Waals surface area contributed by atoms with Crippen molar-refractivity contribution in [3.8, 4) is 17.0 Å². The number of aliphatic hydroxyl groups excluding tert-OH is 1. The lowest BCUT2D eigenvalue weighted by Gasteiger charge is -2.37. The molecule has 1 aliphatic rings. The molecule has 1 N–H and O–H groups in total. The third-order valence-electron chi connectivity index (χ3n) is 7.31. The minimum absolute atomic E-state index is 0.103. The molecule has 3 atom stereocenters. The van der Waals surface area contributed by atoms with Crippen LogP contribution in [0, 0.1) is 5.92 Å². The van der Waals surface area contributed by atoms with Gasteiger partial charge >= 0.3 is 0 Å². The van der Waals surface area contributed by atoms with Gasteiger partial charge in [-0.05, 0) is 42.8 Å². The molecule has 2 aromatic heterocycles. The second kappa shape index (κ2) is 12.9. The number of aromatic nitrogens is 2. The van der Waals surface area contributed by atoms with E-state index in [1.54, 1.807) is 80.6 Å². The van der Waals surface area contributed by atoms with Gasteiger partial charge in [0.25, 0.3) is 11.8 Å². The van der Waals surface area contributed by atoms with Crippen molar-refractivity contribution in [2.75, 3.05) is 40.8 Å². The second-order valence-corrected chi connectivity index (χ2v) is 10.8. The molecule has 3 amide bonds. The zero-order chi connectivity index (χ0) is 29.7. The number of carbonyl (C=O) groups is 3. The molecule has 0 spiro atoms. The first kappa shape index (κ1) is 29.7. The van der Waals surface area contributed by atoms with Gasteiger partial charge in [-0.25, -0.2) is 4.98 Å². The average molecular weight is 560 g/mol. The maximum Gasteiger partial charge on any atom is 0.259 e. The van der Waals surface area contributed by atoms with Gasteiger partial charge in [0.15, 0.2) is 0 Å². The number of fused-ring (bicyclic) bond motifs is 1. The molecule has 0 bridgehead atoms. The van der Waals surface area contributed by atoms with E-state index in [0.29, 0.717) is 23.4 Å². The molecule has 10 nitrogen and oxygen atoms in total. The van der Waals surface area contributed by atoms with Crippen molar-refractivity contribution in [1.82, 2.24) is 24.7 Å². The van der Waals surface area contributed by atoms with Crippen LogP contribution in [0.15, 0.2) is 60.9 Å². The number of pyridine rings is 2. The number of aliphatic hydroxyl groups is 1. The van der Waals surface area contributed by atoms with Crippen LogP contribution in [0.25, 0.3) is 11.1 Å². The van der Waals surface area contributed by atoms with Gasteiger partial charge in [0, 0.05) is 62.8 Å². The van der Waals surface area contributed by atoms with Crippen LogP contribution < -0.4 is 4.74 Å². The van der Waals surface area contributed by atoms with Crippen molar-refractivity contribution in [2.45, 2.75) is 32.4 Å². The number of likely N-dealkylation sites (N-methyl/N-ethyl adjacent to an activating group) is 1. The van der Waals surface area contributed by atoms with Gasteiger partial charge in [-0.1, -0.05) is 25.1 Å². The second-order valence-electron chi connectivity index (χ2n) is 10.8. The van der Waals surface area contributed by atoms with Crippen molar-refractivity contribution < 1.29 is 24.2 Å². The van der Waals surface area contributed by atoms with Crippen molar-refractivity contribution in [2.24, 2.45) is 5.92 Å². The summed E-state index contributed by atoms with van der Waals surface area (Å²) in [6, 6.07) is 13.9. The Labute approximate surface area is 240 Å². The summed E-state index contributed by atoms with van der Waals surface area (Å²) >= 11 is 0. The SMILES string of the molecule is C[C@@H]1CN([C@H](C)CO)C(=O)c2cc(-c3cccc(C(=O)N(C)C)c3)cnc2O[C@H]1CN(C)C(=O)Cc1ccccn1. The van der Waals surface area contributed by atoms with Gasteiger partial charge < -0.3 is 24.5 Å². The third kappa shape index (κ3) is 6.89. The highest BCUT2D eigenvalue weighted by molar-refractivity contribution is 5.98. The summed E-state index contributed by atoms with van der Waals surface area (Å²) in [5.41, 5.74) is 2.84. The van der Waals surface area contributed by atoms with Gasteiger partial charge in [0.2, 0.25) is 11.8 Å². The molecule has 216 valence electrons. The standard InChI is InChI=1S/C31H37N5O5/c1-20-17-36(21(2)19-37)31(40)26-14-24(22-9-8-10-23(13-22)30(39)34(3)4)16-33-29(26)41-27(20)18-35(5)28(38)15-25-11-6-7-12-32-25/h6-14,16,20-21,27,37H,15,17-19H2,1-5H3/t20-,21-,27+/m1/s1. The van der Waals surface area contributed by atoms with Crippen molar-refractivity contribution >= 4 is 17.7 Å². The molecule has 3 heterocycles. The van der Waals surface area contributed by atoms with Gasteiger partial charge in [0.1, 0.15) is 11.7 Å². The largest absolute Gasteiger partial charge is 0.472 e. The zero-order valence-corrected chi connectivity index (χ0v) is 24.2. The quantitative estimate of drug-likeness (QED) is 0.451. The van der Waals surface area contributed by atoms with Crippen LogP contribution in [-0.4, -0.2) is 100 Å². The molecule has 0 aliphatic carbocycles. The lowest BCUT2D eigenvalue weighted by Crippen LogP contribution is -2.50. The number of amides is 3. The van der Waals surface area contributed by atoms with Crippen molar-refractivity contribution in [1.29, 1.82) is 0 Å². The van der Waals surface area contributed by atoms with Gasteiger partial charge in [-0.2, -0.15) is 0 Å². The molecule has 1 aliphatic heterocycles. The molecule has 0 unspecified atom stereocenters. The predicted octanol–water partition coefficient (Wildman–Crippen LogP) is 2.77. The van der Waals surface area contributed by atoms with E-state index in [9.17, 15) is 19.5 Å². The molecule has 1 aromatic carbocycles. The van der Waals surface area contributed by atoms with E-state index < -0.39 is 12.1 Å². The topological polar surface area (TPSA) is 116 Å². The number of ether oxygens (including phenoxy) is 1. The fourth-order valence-corrected chi connectivity index (χ4v) is 4.73. The lowest BCUT2D eigenvalue weighted by atomic mass is 9.98. The highest BCUT2D eigenvalue weighted by Crippen LogP contribution is 2.31. The Balaban J connectivity index is 1.66. The van der Waals surface area contributed by atoms with E-state index in [4.69, 9.17) is 4.74 Å². The average Bonchev–Trinajstić information content (AvgIpc) is 2.98. The Morgan fingerprint density at radius 1 is 1.10 bits per heavy atom. The molecule has 0 radical (unpaired) electrons. The molecule has 10 heteroatoms. The predicted molar refractivity (Wildman–Crippen MR) is 154 cm³/mol. The Morgan fingerprint density at radius 3 is 2.56 bits per heavy atom. The first-order chi connectivity index (χ1) is 19.6. The number of rotatable bonds is 8. The zero-order valence-electron chi connectivity index (χ0n) is 24.2. The third-order valence-corrected chi connectivity index (χ3v) is 7.31. The molecule has 0 saturated heterocycles. The molecule has 3 aromatic rings. The summed E-state index contributed by atoms with van der Waals surface area (Å²) in [6.07, 6.45) is 2.97. The number of carbonyl (C=O) groups excluding carboxylic acids is 3. The van der Waals surface area contributed by atoms with E-state index in [1.807, 2.05) is 25.1 Å². The first-order valence-corrected chi connectivity index (χ1v) is 13.6. The molecular formula is C31H37N5O5. The van der Waals surface area contributed by atoms with E-state index in [1.165, 1.54) is 4.90 Å². The molecule has 0 fully saturated rings. The minimum Gasteiger partial charge on any atom is -0.472 e. The molecular weight excluding hydrogens is 522 g/mol. The van der Waals surface area contributed by atoms with Crippen LogP contribution in [0.3, 0.4) is 0 Å². The van der Waals surface area contributed by atoms with Crippen molar-refractivity contribution in [3.63, 3.8) is 0 Å². The summed E-state index contributed by atoms with van der Waals surface area (Å²) in [5, 5.41) is 9.95. The lowest BCUT2D eigenvalue weighted by molar-refractivity contribution is -0.130. The number of hydrogen-bond acceptors (Lipinski definition) is 7. The normalized spacial score (nSPS) is 17.5. The fraction of sp³-hybridized carbons (Fsp3) is 0.387. The van der Waals surface area contributed by atoms with Crippen LogP contribution in [0.2, 0.25) is 0 Å². The summed E-state index contributed by atoms with van der Waals surface area (Å²) in [5.74, 6) is -0.542. The number of benzene rings is 1. The Morgan fingerprint density at radius 2 is 1.88 bits per heavy atom. The summed E-state index contributed by atoms with van der Waals surface area (Å²) in [7, 11) is 5.10. The summed E-state index contributed by atoms with van der Waals surface area (Å²) in [4.78, 5) is 52.8. The highest BCUT2D eigenvalue weighted by atomic mass is 16.5. The highest BCUT2D eigenvalue weighted by Gasteiger charge is 2.35. The molecule has 4 rings (SSSR count). The minimum atomic E-state index is -0.465. The van der Waals surface area contributed by atoms with E-state index in [2.05, 4.69) is 9.97 Å². The Bertz CT molecular complexity index is 1400. The van der Waals surface area contributed by atoms with E-state index in [0.717, 1.165) is 5.56 Å². The smallest absolute Gasteiger partial charge is 0.259 e. The van der Waals surface area contributed by atoms with Gasteiger partial charge in [-0.3, -0.25) is 19.4 Å². The Hall–Kier alpha value is -4.31. The van der Waals surface area contributed by atoms with Crippen LogP contribution in [0.5, 0.6) is 5.88 Å². The van der Waals surface area contributed by atoms with Crippen LogP contribution >= 0.6 is 0 Å². The first-order valence-electron chi connectivity index (χ1n) is 13.6. The summed E-state index contributed by atoms with van der Waals surface area (Å²) in [6.45, 7) is 4.14. The maximum atomic E-state index is 13.8. The number of nitrogens with zero attached hydrogens (tertiary/aromatic N) is 5. The van der Waals surface area contributed by atoms with Crippen molar-refractivity contribution in [3.05, 3.63) is 77.7 Å². The fourth-order valence-electron chi connectivity index (χ4n) is 4.73. The van der Waals surface area contributed by atoms with Crippen LogP contribution in [0.1, 0.15) is 40.3 Å². The maximum absolute atomic E-state index is 13.8. The van der Waals surface area contributed by atoms with E-state index in [-0.39, 0.29) is 54.7 Å². The van der Waals surface area contributed by atoms with Gasteiger partial charge in [0.05, 0.1) is 25.6 Å². The van der Waals surface area contributed by atoms with Crippen LogP contribution in [0.4, 0.5) is 0 Å². The van der Waals surface area contributed by atoms with Gasteiger partial charge in [-0.15, -0.1) is 0 Å². The monoisotopic (exact) mass is 559 g/mol. The van der Waals surface area contributed by atoms with E-state index >= 15 is 0 Å². The molecule has 41 heavy (non-hydrogen) atoms. The number of hydrogen-bond donors (Lipinski definition) is 1. The molecule has 0 saturated carbocycles. The summed E-state index contributed by atoms with van der Waals surface area (Å²) < 4.78 is 6.35. The Kier molecular flexibility index (Phi) is 9.34. The van der Waals surface area contributed by atoms with Crippen LogP contribution in [-0.2, 0) is 11.2 Å².